The molecule has 0 amide bonds. The molecule has 3 heterocycles. The minimum atomic E-state index is -0.335. The van der Waals surface area contributed by atoms with E-state index in [0.717, 1.165) is 23.3 Å². The van der Waals surface area contributed by atoms with Crippen molar-refractivity contribution in [1.82, 2.24) is 20.2 Å². The number of aromatic hydroxyl groups is 1. The molecule has 7 heteroatoms. The zero-order valence-corrected chi connectivity index (χ0v) is 13.7. The molecule has 0 saturated carbocycles. The molecule has 6 nitrogen and oxygen atoms in total. The molecule has 5 rings (SSSR count). The van der Waals surface area contributed by atoms with Gasteiger partial charge in [-0.25, -0.2) is 9.37 Å². The number of fused-ring (bicyclic) bond motifs is 2. The number of benzene rings is 2. The molecule has 0 fully saturated rings. The zero-order valence-electron chi connectivity index (χ0n) is 13.7. The summed E-state index contributed by atoms with van der Waals surface area (Å²) in [5.41, 5.74) is 3.54. The van der Waals surface area contributed by atoms with Crippen molar-refractivity contribution in [3.05, 3.63) is 59.9 Å². The van der Waals surface area contributed by atoms with Crippen LogP contribution in [0, 0.1) is 5.82 Å². The average molecular weight is 350 g/mol. The summed E-state index contributed by atoms with van der Waals surface area (Å²) >= 11 is 0. The van der Waals surface area contributed by atoms with Crippen LogP contribution in [-0.4, -0.2) is 31.9 Å². The number of rotatable bonds is 2. The van der Waals surface area contributed by atoms with Gasteiger partial charge in [0.15, 0.2) is 0 Å². The van der Waals surface area contributed by atoms with Crippen LogP contribution in [0.2, 0.25) is 0 Å². The number of nitrogens with one attached hydrogen (secondary N) is 2. The lowest BCUT2D eigenvalue weighted by Crippen LogP contribution is -2.20. The van der Waals surface area contributed by atoms with Crippen molar-refractivity contribution in [2.45, 2.75) is 12.3 Å². The second-order valence-electron chi connectivity index (χ2n) is 6.46. The van der Waals surface area contributed by atoms with Crippen LogP contribution in [0.1, 0.15) is 17.3 Å². The van der Waals surface area contributed by atoms with Crippen LogP contribution < -0.4 is 4.74 Å². The predicted molar refractivity (Wildman–Crippen MR) is 93.7 cm³/mol. The van der Waals surface area contributed by atoms with Crippen molar-refractivity contribution < 1.29 is 14.2 Å². The highest BCUT2D eigenvalue weighted by atomic mass is 19.1. The fraction of sp³-hybridized carbons (Fsp3) is 0.158. The first-order valence-electron chi connectivity index (χ1n) is 8.30. The maximum absolute atomic E-state index is 14.4. The molecule has 26 heavy (non-hydrogen) atoms. The minimum Gasteiger partial charge on any atom is -0.508 e. The second-order valence-corrected chi connectivity index (χ2v) is 6.46. The van der Waals surface area contributed by atoms with Gasteiger partial charge in [0, 0.05) is 29.5 Å². The lowest BCUT2D eigenvalue weighted by molar-refractivity contribution is 0.257. The number of halogens is 1. The van der Waals surface area contributed by atoms with E-state index in [0.29, 0.717) is 29.0 Å². The Kier molecular flexibility index (Phi) is 3.21. The summed E-state index contributed by atoms with van der Waals surface area (Å²) in [5.74, 6) is 1.36. The third-order valence-electron chi connectivity index (χ3n) is 4.74. The summed E-state index contributed by atoms with van der Waals surface area (Å²) in [5, 5.41) is 16.1. The molecule has 2 aromatic heterocycles. The van der Waals surface area contributed by atoms with Crippen LogP contribution in [0.25, 0.3) is 22.2 Å². The molecule has 4 aromatic rings. The van der Waals surface area contributed by atoms with Crippen LogP contribution in [-0.2, 0) is 6.42 Å². The Labute approximate surface area is 147 Å². The van der Waals surface area contributed by atoms with Gasteiger partial charge < -0.3 is 14.8 Å². The number of H-pyrrole nitrogens is 2. The van der Waals surface area contributed by atoms with Crippen molar-refractivity contribution in [3.8, 4) is 22.6 Å². The first-order chi connectivity index (χ1) is 12.7. The van der Waals surface area contributed by atoms with Gasteiger partial charge in [-0.1, -0.05) is 6.07 Å². The fourth-order valence-electron chi connectivity index (χ4n) is 3.40. The number of nitrogens with zero attached hydrogens (tertiary/aromatic N) is 2. The molecule has 2 aromatic carbocycles. The number of imidazole rings is 1. The van der Waals surface area contributed by atoms with Crippen LogP contribution >= 0.6 is 0 Å². The molecule has 0 saturated heterocycles. The standard InChI is InChI=1S/C19H15FN4O2/c20-15-6-17-16(5-14(15)12-7-21-22-8-12)23-19(24-17)11-3-10-1-2-13(25)4-18(10)26-9-11/h1-2,4-8,11,25H,3,9H2,(H,21,22)(H,23,24). The molecular weight excluding hydrogens is 335 g/mol. The first-order valence-corrected chi connectivity index (χ1v) is 8.30. The molecule has 1 unspecified atom stereocenters. The Morgan fingerprint density at radius 3 is 3.00 bits per heavy atom. The van der Waals surface area contributed by atoms with Gasteiger partial charge in [-0.05, 0) is 24.1 Å². The van der Waals surface area contributed by atoms with Gasteiger partial charge in [0.2, 0.25) is 0 Å². The first kappa shape index (κ1) is 14.9. The van der Waals surface area contributed by atoms with Gasteiger partial charge in [0.1, 0.15) is 23.1 Å². The third kappa shape index (κ3) is 2.40. The molecule has 0 spiro atoms. The Hall–Kier alpha value is -3.35. The minimum absolute atomic E-state index is 0.0416. The maximum Gasteiger partial charge on any atom is 0.133 e. The van der Waals surface area contributed by atoms with Crippen molar-refractivity contribution in [2.24, 2.45) is 0 Å². The molecule has 3 N–H and O–H groups in total. The van der Waals surface area contributed by atoms with Gasteiger partial charge >= 0.3 is 0 Å². The molecule has 1 aliphatic heterocycles. The largest absolute Gasteiger partial charge is 0.508 e. The van der Waals surface area contributed by atoms with Crippen LogP contribution in [0.15, 0.2) is 42.7 Å². The number of ether oxygens (including phenoxy) is 1. The molecule has 0 aliphatic carbocycles. The van der Waals surface area contributed by atoms with E-state index < -0.39 is 0 Å². The summed E-state index contributed by atoms with van der Waals surface area (Å²) < 4.78 is 20.2. The lowest BCUT2D eigenvalue weighted by Gasteiger charge is -2.24. The highest BCUT2D eigenvalue weighted by Crippen LogP contribution is 2.35. The summed E-state index contributed by atoms with van der Waals surface area (Å²) in [6.45, 7) is 0.452. The zero-order chi connectivity index (χ0) is 17.7. The van der Waals surface area contributed by atoms with E-state index in [9.17, 15) is 9.50 Å². The molecule has 130 valence electrons. The van der Waals surface area contributed by atoms with E-state index in [1.54, 1.807) is 30.6 Å². The molecule has 0 bridgehead atoms. The Morgan fingerprint density at radius 1 is 1.23 bits per heavy atom. The number of hydrogen-bond donors (Lipinski definition) is 3. The summed E-state index contributed by atoms with van der Waals surface area (Å²) in [4.78, 5) is 7.86. The van der Waals surface area contributed by atoms with E-state index >= 15 is 0 Å². The average Bonchev–Trinajstić information content (AvgIpc) is 3.29. The molecule has 1 atom stereocenters. The number of aromatic nitrogens is 4. The van der Waals surface area contributed by atoms with Crippen molar-refractivity contribution in [3.63, 3.8) is 0 Å². The maximum atomic E-state index is 14.4. The van der Waals surface area contributed by atoms with Crippen molar-refractivity contribution in [2.75, 3.05) is 6.61 Å². The fourth-order valence-corrected chi connectivity index (χ4v) is 3.40. The Balaban J connectivity index is 1.51. The summed E-state index contributed by atoms with van der Waals surface area (Å²) in [7, 11) is 0. The van der Waals surface area contributed by atoms with Gasteiger partial charge in [0.25, 0.3) is 0 Å². The van der Waals surface area contributed by atoms with Crippen LogP contribution in [0.4, 0.5) is 4.39 Å². The quantitative estimate of drug-likeness (QED) is 0.516. The number of aromatic amines is 2. The van der Waals surface area contributed by atoms with Gasteiger partial charge in [-0.15, -0.1) is 0 Å². The number of phenols is 1. The normalized spacial score (nSPS) is 16.4. The van der Waals surface area contributed by atoms with Crippen LogP contribution in [0.5, 0.6) is 11.5 Å². The molecule has 0 radical (unpaired) electrons. The lowest BCUT2D eigenvalue weighted by atomic mass is 9.96. The van der Waals surface area contributed by atoms with E-state index in [1.807, 2.05) is 6.07 Å². The van der Waals surface area contributed by atoms with Crippen molar-refractivity contribution in [1.29, 1.82) is 0 Å². The van der Waals surface area contributed by atoms with Crippen molar-refractivity contribution >= 4 is 11.0 Å². The van der Waals surface area contributed by atoms with E-state index in [4.69, 9.17) is 4.74 Å². The topological polar surface area (TPSA) is 86.8 Å². The third-order valence-corrected chi connectivity index (χ3v) is 4.74. The van der Waals surface area contributed by atoms with E-state index in [1.165, 1.54) is 6.07 Å². The predicted octanol–water partition coefficient (Wildman–Crippen LogP) is 3.52. The molecular formula is C19H15FN4O2. The summed E-state index contributed by atoms with van der Waals surface area (Å²) in [6, 6.07) is 8.32. The smallest absolute Gasteiger partial charge is 0.133 e. The van der Waals surface area contributed by atoms with E-state index in [-0.39, 0.29) is 17.5 Å². The Bertz CT molecular complexity index is 1100. The summed E-state index contributed by atoms with van der Waals surface area (Å²) in [6.07, 6.45) is 3.98. The molecule has 1 aliphatic rings. The van der Waals surface area contributed by atoms with Gasteiger partial charge in [-0.2, -0.15) is 5.10 Å². The van der Waals surface area contributed by atoms with E-state index in [2.05, 4.69) is 20.2 Å². The second kappa shape index (κ2) is 5.59. The number of hydrogen-bond acceptors (Lipinski definition) is 4. The van der Waals surface area contributed by atoms with Gasteiger partial charge in [-0.3, -0.25) is 5.10 Å². The Morgan fingerprint density at radius 2 is 2.15 bits per heavy atom. The number of phenolic OH excluding ortho intramolecular Hbond substituents is 1. The highest BCUT2D eigenvalue weighted by Gasteiger charge is 2.24. The monoisotopic (exact) mass is 350 g/mol. The van der Waals surface area contributed by atoms with Crippen LogP contribution in [0.3, 0.4) is 0 Å². The van der Waals surface area contributed by atoms with Gasteiger partial charge in [0.05, 0.1) is 29.8 Å². The SMILES string of the molecule is Oc1ccc2c(c1)OCC(c1nc3cc(F)c(-c4cn[nH]c4)cc3[nH]1)C2. The highest BCUT2D eigenvalue weighted by molar-refractivity contribution is 5.82.